The van der Waals surface area contributed by atoms with Gasteiger partial charge in [0.1, 0.15) is 22.9 Å². The normalized spacial score (nSPS) is 11.4. The molecule has 1 amide bonds. The molecule has 34 heavy (non-hydrogen) atoms. The highest BCUT2D eigenvalue weighted by Gasteiger charge is 2.43. The Bertz CT molecular complexity index is 1400. The van der Waals surface area contributed by atoms with E-state index in [9.17, 15) is 22.4 Å². The second-order valence-corrected chi connectivity index (χ2v) is 6.93. The average Bonchev–Trinajstić information content (AvgIpc) is 3.20. The number of nitrogen functional groups attached to an aromatic ring is 1. The van der Waals surface area contributed by atoms with Crippen LogP contribution in [0.5, 0.6) is 11.6 Å². The van der Waals surface area contributed by atoms with E-state index in [2.05, 4.69) is 25.3 Å². The molecule has 0 unspecified atom stereocenters. The number of carbonyl (C=O) groups excluding carboxylic acids is 1. The van der Waals surface area contributed by atoms with E-state index in [-0.39, 0.29) is 33.9 Å². The lowest BCUT2D eigenvalue weighted by atomic mass is 10.0. The molecule has 174 valence electrons. The van der Waals surface area contributed by atoms with Gasteiger partial charge in [-0.3, -0.25) is 4.79 Å². The highest BCUT2D eigenvalue weighted by atomic mass is 35.5. The number of alkyl halides is 3. The third-order valence-corrected chi connectivity index (χ3v) is 4.73. The zero-order valence-corrected chi connectivity index (χ0v) is 17.3. The third kappa shape index (κ3) is 4.17. The lowest BCUT2D eigenvalue weighted by molar-refractivity contribution is -0.143. The Hall–Kier alpha value is -4.33. The fourth-order valence-electron chi connectivity index (χ4n) is 2.96. The monoisotopic (exact) mass is 494 g/mol. The van der Waals surface area contributed by atoms with E-state index < -0.39 is 34.9 Å². The molecule has 10 nitrogen and oxygen atoms in total. The minimum Gasteiger partial charge on any atom is -0.434 e. The summed E-state index contributed by atoms with van der Waals surface area (Å²) in [4.78, 5) is 19.4. The Morgan fingerprint density at radius 2 is 1.94 bits per heavy atom. The van der Waals surface area contributed by atoms with Crippen LogP contribution in [-0.4, -0.2) is 35.9 Å². The number of halogens is 5. The minimum absolute atomic E-state index is 0.107. The molecule has 0 aliphatic carbocycles. The Morgan fingerprint density at radius 1 is 1.18 bits per heavy atom. The van der Waals surface area contributed by atoms with Crippen LogP contribution in [0.3, 0.4) is 0 Å². The first-order valence-electron chi connectivity index (χ1n) is 9.09. The van der Waals surface area contributed by atoms with Gasteiger partial charge in [0.25, 0.3) is 5.91 Å². The van der Waals surface area contributed by atoms with Crippen LogP contribution >= 0.6 is 11.6 Å². The van der Waals surface area contributed by atoms with Gasteiger partial charge >= 0.3 is 6.18 Å². The zero-order valence-electron chi connectivity index (χ0n) is 16.6. The molecule has 15 heteroatoms. The molecule has 0 saturated carbocycles. The second kappa shape index (κ2) is 8.55. The molecule has 0 aliphatic heterocycles. The summed E-state index contributed by atoms with van der Waals surface area (Å²) in [7, 11) is 0. The Morgan fingerprint density at radius 3 is 2.56 bits per heavy atom. The van der Waals surface area contributed by atoms with Crippen molar-refractivity contribution in [1.29, 1.82) is 0 Å². The third-order valence-electron chi connectivity index (χ3n) is 4.37. The van der Waals surface area contributed by atoms with Crippen molar-refractivity contribution in [2.24, 2.45) is 5.73 Å². The van der Waals surface area contributed by atoms with Crippen LogP contribution in [0.15, 0.2) is 42.9 Å². The van der Waals surface area contributed by atoms with Crippen molar-refractivity contribution >= 4 is 23.3 Å². The van der Waals surface area contributed by atoms with Crippen molar-refractivity contribution in [1.82, 2.24) is 29.9 Å². The lowest BCUT2D eigenvalue weighted by Gasteiger charge is -2.10. The molecule has 4 rings (SSSR count). The summed E-state index contributed by atoms with van der Waals surface area (Å²) in [6, 6.07) is 5.58. The molecule has 0 saturated heterocycles. The van der Waals surface area contributed by atoms with E-state index >= 15 is 0 Å². The molecule has 0 bridgehead atoms. The van der Waals surface area contributed by atoms with Gasteiger partial charge in [-0.1, -0.05) is 11.6 Å². The summed E-state index contributed by atoms with van der Waals surface area (Å²) in [6.45, 7) is 0. The predicted octanol–water partition coefficient (Wildman–Crippen LogP) is 3.40. The maximum Gasteiger partial charge on any atom is 0.434 e. The fourth-order valence-corrected chi connectivity index (χ4v) is 3.10. The van der Waals surface area contributed by atoms with Crippen LogP contribution in [0.4, 0.5) is 23.4 Å². The molecular formula is C19H11ClF4N8O2. The molecule has 4 aromatic rings. The van der Waals surface area contributed by atoms with Crippen molar-refractivity contribution in [2.75, 3.05) is 5.73 Å². The van der Waals surface area contributed by atoms with Crippen LogP contribution in [0.1, 0.15) is 16.1 Å². The van der Waals surface area contributed by atoms with Crippen LogP contribution in [-0.2, 0) is 6.18 Å². The molecule has 0 spiro atoms. The first-order valence-corrected chi connectivity index (χ1v) is 9.47. The van der Waals surface area contributed by atoms with Gasteiger partial charge in [0, 0.05) is 11.8 Å². The molecule has 0 radical (unpaired) electrons. The molecule has 4 N–H and O–H groups in total. The maximum atomic E-state index is 14.8. The molecule has 0 aliphatic rings. The van der Waals surface area contributed by atoms with Crippen molar-refractivity contribution in [3.05, 3.63) is 65.0 Å². The lowest BCUT2D eigenvalue weighted by Crippen LogP contribution is -2.21. The smallest absolute Gasteiger partial charge is 0.434 e. The van der Waals surface area contributed by atoms with Crippen LogP contribution in [0.2, 0.25) is 5.02 Å². The fraction of sp³-hybridized carbons (Fsp3) is 0.0526. The van der Waals surface area contributed by atoms with Crippen molar-refractivity contribution in [3.8, 4) is 28.7 Å². The van der Waals surface area contributed by atoms with E-state index in [1.807, 2.05) is 0 Å². The number of nitrogens with two attached hydrogens (primary N) is 2. The van der Waals surface area contributed by atoms with Crippen molar-refractivity contribution in [2.45, 2.75) is 6.18 Å². The highest BCUT2D eigenvalue weighted by molar-refractivity contribution is 6.34. The molecule has 1 aromatic carbocycles. The minimum atomic E-state index is -5.06. The number of nitrogens with zero attached hydrogens (tertiary/aromatic N) is 6. The summed E-state index contributed by atoms with van der Waals surface area (Å²) in [5.41, 5.74) is 7.62. The van der Waals surface area contributed by atoms with E-state index in [0.717, 1.165) is 18.5 Å². The van der Waals surface area contributed by atoms with Gasteiger partial charge in [-0.2, -0.15) is 28.4 Å². The van der Waals surface area contributed by atoms with E-state index in [0.29, 0.717) is 4.68 Å². The Labute approximate surface area is 192 Å². The van der Waals surface area contributed by atoms with E-state index in [4.69, 9.17) is 27.8 Å². The van der Waals surface area contributed by atoms with Gasteiger partial charge in [0.05, 0.1) is 5.56 Å². The first-order chi connectivity index (χ1) is 16.1. The Balaban J connectivity index is 1.84. The summed E-state index contributed by atoms with van der Waals surface area (Å²) in [5, 5.41) is 10.8. The number of carbonyl (C=O) groups is 1. The number of benzene rings is 1. The van der Waals surface area contributed by atoms with Gasteiger partial charge in [-0.25, -0.2) is 14.1 Å². The summed E-state index contributed by atoms with van der Waals surface area (Å²) in [5.74, 6) is -3.52. The van der Waals surface area contributed by atoms with E-state index in [1.165, 1.54) is 24.4 Å². The first kappa shape index (κ1) is 22.8. The Kier molecular flexibility index (Phi) is 5.75. The van der Waals surface area contributed by atoms with Gasteiger partial charge < -0.3 is 16.2 Å². The van der Waals surface area contributed by atoms with Gasteiger partial charge in [-0.15, -0.1) is 5.10 Å². The topological polar surface area (TPSA) is 148 Å². The number of ether oxygens (including phenoxy) is 1. The number of anilines is 1. The quantitative estimate of drug-likeness (QED) is 0.401. The largest absolute Gasteiger partial charge is 0.434 e. The molecule has 3 heterocycles. The SMILES string of the molecule is NC(=O)c1c(-c2ccc(Oc3ncnc(N)c3Cl)c(F)c2)nn(-c2cccnn2)c1C(F)(F)F. The summed E-state index contributed by atoms with van der Waals surface area (Å²) in [6.07, 6.45) is -2.78. The van der Waals surface area contributed by atoms with Crippen molar-refractivity contribution < 1.29 is 27.1 Å². The number of amides is 1. The van der Waals surface area contributed by atoms with Crippen LogP contribution < -0.4 is 16.2 Å². The molecule has 0 atom stereocenters. The number of hydrogen-bond acceptors (Lipinski definition) is 8. The number of primary amides is 1. The van der Waals surface area contributed by atoms with Gasteiger partial charge in [0.2, 0.25) is 5.88 Å². The molecule has 3 aromatic heterocycles. The molecular weight excluding hydrogens is 484 g/mol. The summed E-state index contributed by atoms with van der Waals surface area (Å²) < 4.78 is 62.2. The molecule has 0 fully saturated rings. The van der Waals surface area contributed by atoms with Gasteiger partial charge in [-0.05, 0) is 30.3 Å². The standard InChI is InChI=1S/C19H11ClF4N8O2/c20-13-16(25)27-7-28-18(13)34-10-4-3-8(6-9(10)21)14-12(17(26)33)15(19(22,23)24)32(31-14)11-2-1-5-29-30-11/h1-7H,(H2,26,33)(H2,25,27,28). The second-order valence-electron chi connectivity index (χ2n) is 6.55. The average molecular weight is 495 g/mol. The van der Waals surface area contributed by atoms with Crippen LogP contribution in [0, 0.1) is 5.82 Å². The number of aromatic nitrogens is 6. The van der Waals surface area contributed by atoms with E-state index in [1.54, 1.807) is 0 Å². The predicted molar refractivity (Wildman–Crippen MR) is 110 cm³/mol. The highest BCUT2D eigenvalue weighted by Crippen LogP contribution is 2.39. The van der Waals surface area contributed by atoms with Gasteiger partial charge in [0.15, 0.2) is 23.1 Å². The van der Waals surface area contributed by atoms with Crippen LogP contribution in [0.25, 0.3) is 17.1 Å². The number of rotatable bonds is 5. The summed E-state index contributed by atoms with van der Waals surface area (Å²) >= 11 is 5.92. The van der Waals surface area contributed by atoms with Crippen molar-refractivity contribution in [3.63, 3.8) is 0 Å². The number of hydrogen-bond donors (Lipinski definition) is 2. The zero-order chi connectivity index (χ0) is 24.6. The maximum absolute atomic E-state index is 14.8.